The standard InChI is InChI=1S/C15H20N6O2S/c22-14(16-4-5-20-6-8-23-9-7-20)13-11-2-1-3-12(11)24-15(13)21-10-17-18-19-21/h10H,1-9H2,(H,16,22). The number of thiophene rings is 1. The summed E-state index contributed by atoms with van der Waals surface area (Å²) < 4.78 is 6.94. The number of hydrogen-bond acceptors (Lipinski definition) is 7. The third-order valence-corrected chi connectivity index (χ3v) is 5.79. The zero-order valence-corrected chi connectivity index (χ0v) is 14.2. The van der Waals surface area contributed by atoms with Gasteiger partial charge >= 0.3 is 0 Å². The average Bonchev–Trinajstić information content (AvgIpc) is 3.31. The Bertz CT molecular complexity index is 708. The van der Waals surface area contributed by atoms with Crippen LogP contribution in [0.15, 0.2) is 6.33 Å². The Hall–Kier alpha value is -1.84. The van der Waals surface area contributed by atoms with E-state index < -0.39 is 0 Å². The van der Waals surface area contributed by atoms with Crippen LogP contribution in [0.3, 0.4) is 0 Å². The van der Waals surface area contributed by atoms with Gasteiger partial charge in [-0.15, -0.1) is 16.4 Å². The van der Waals surface area contributed by atoms with Gasteiger partial charge in [0.15, 0.2) is 0 Å². The fourth-order valence-electron chi connectivity index (χ4n) is 3.28. The molecule has 8 nitrogen and oxygen atoms in total. The van der Waals surface area contributed by atoms with Crippen molar-refractivity contribution in [2.24, 2.45) is 0 Å². The summed E-state index contributed by atoms with van der Waals surface area (Å²) >= 11 is 1.63. The number of tetrazole rings is 1. The van der Waals surface area contributed by atoms with Crippen molar-refractivity contribution in [1.82, 2.24) is 30.4 Å². The molecule has 1 saturated heterocycles. The van der Waals surface area contributed by atoms with E-state index in [2.05, 4.69) is 25.7 Å². The Balaban J connectivity index is 1.47. The van der Waals surface area contributed by atoms with E-state index in [0.717, 1.165) is 62.7 Å². The number of carbonyl (C=O) groups is 1. The smallest absolute Gasteiger partial charge is 0.254 e. The highest BCUT2D eigenvalue weighted by molar-refractivity contribution is 7.15. The normalized spacial score (nSPS) is 17.8. The molecule has 0 bridgehead atoms. The average molecular weight is 348 g/mol. The molecule has 2 aromatic rings. The van der Waals surface area contributed by atoms with Crippen LogP contribution in [0.1, 0.15) is 27.2 Å². The molecule has 0 radical (unpaired) electrons. The van der Waals surface area contributed by atoms with Crippen LogP contribution in [-0.4, -0.2) is 70.4 Å². The second-order valence-electron chi connectivity index (χ2n) is 6.00. The third kappa shape index (κ3) is 3.06. The number of hydrogen-bond donors (Lipinski definition) is 1. The van der Waals surface area contributed by atoms with Crippen LogP contribution in [0.2, 0.25) is 0 Å². The van der Waals surface area contributed by atoms with Gasteiger partial charge in [0.05, 0.1) is 18.8 Å². The number of nitrogens with one attached hydrogen (secondary N) is 1. The summed E-state index contributed by atoms with van der Waals surface area (Å²) in [5.74, 6) is -0.0202. The molecule has 3 heterocycles. The van der Waals surface area contributed by atoms with Crippen LogP contribution >= 0.6 is 11.3 Å². The van der Waals surface area contributed by atoms with Gasteiger partial charge in [-0.2, -0.15) is 4.68 Å². The number of fused-ring (bicyclic) bond motifs is 1. The maximum Gasteiger partial charge on any atom is 0.254 e. The first-order chi connectivity index (χ1) is 11.8. The van der Waals surface area contributed by atoms with Crippen molar-refractivity contribution in [2.75, 3.05) is 39.4 Å². The van der Waals surface area contributed by atoms with E-state index in [1.165, 1.54) is 10.4 Å². The molecule has 4 rings (SSSR count). The van der Waals surface area contributed by atoms with Gasteiger partial charge in [0.2, 0.25) is 0 Å². The topological polar surface area (TPSA) is 85.2 Å². The Morgan fingerprint density at radius 3 is 3.00 bits per heavy atom. The molecule has 0 spiro atoms. The Morgan fingerprint density at radius 1 is 1.33 bits per heavy atom. The molecule has 0 atom stereocenters. The van der Waals surface area contributed by atoms with Crippen LogP contribution in [0.25, 0.3) is 5.00 Å². The minimum absolute atomic E-state index is 0.0202. The molecule has 1 fully saturated rings. The number of nitrogens with zero attached hydrogens (tertiary/aromatic N) is 5. The summed E-state index contributed by atoms with van der Waals surface area (Å²) in [5, 5.41) is 15.2. The maximum absolute atomic E-state index is 12.8. The Morgan fingerprint density at radius 2 is 2.21 bits per heavy atom. The van der Waals surface area contributed by atoms with Gasteiger partial charge in [0.25, 0.3) is 5.91 Å². The highest BCUT2D eigenvalue weighted by atomic mass is 32.1. The fourth-order valence-corrected chi connectivity index (χ4v) is 4.58. The van der Waals surface area contributed by atoms with Crippen LogP contribution < -0.4 is 5.32 Å². The van der Waals surface area contributed by atoms with Gasteiger partial charge in [-0.05, 0) is 35.3 Å². The summed E-state index contributed by atoms with van der Waals surface area (Å²) in [7, 11) is 0. The Kier molecular flexibility index (Phi) is 4.54. The lowest BCUT2D eigenvalue weighted by atomic mass is 10.1. The molecule has 2 aromatic heterocycles. The molecule has 0 aromatic carbocycles. The van der Waals surface area contributed by atoms with Crippen molar-refractivity contribution in [2.45, 2.75) is 19.3 Å². The van der Waals surface area contributed by atoms with E-state index in [0.29, 0.717) is 6.54 Å². The monoisotopic (exact) mass is 348 g/mol. The number of aryl methyl sites for hydroxylation is 1. The van der Waals surface area contributed by atoms with Gasteiger partial charge in [0.1, 0.15) is 11.3 Å². The van der Waals surface area contributed by atoms with E-state index in [9.17, 15) is 4.79 Å². The minimum atomic E-state index is -0.0202. The summed E-state index contributed by atoms with van der Waals surface area (Å²) in [4.78, 5) is 16.4. The van der Waals surface area contributed by atoms with Crippen molar-refractivity contribution < 1.29 is 9.53 Å². The summed E-state index contributed by atoms with van der Waals surface area (Å²) in [6, 6.07) is 0. The van der Waals surface area contributed by atoms with E-state index in [4.69, 9.17) is 4.74 Å². The molecular weight excluding hydrogens is 328 g/mol. The van der Waals surface area contributed by atoms with Crippen molar-refractivity contribution >= 4 is 17.2 Å². The predicted octanol–water partition coefficient (Wildman–Crippen LogP) is 0.274. The van der Waals surface area contributed by atoms with Crippen LogP contribution in [0.4, 0.5) is 0 Å². The number of rotatable bonds is 5. The summed E-state index contributed by atoms with van der Waals surface area (Å²) in [5.41, 5.74) is 1.93. The number of amides is 1. The van der Waals surface area contributed by atoms with Gasteiger partial charge in [-0.3, -0.25) is 9.69 Å². The fraction of sp³-hybridized carbons (Fsp3) is 0.600. The number of morpholine rings is 1. The zero-order chi connectivity index (χ0) is 16.4. The van der Waals surface area contributed by atoms with Crippen LogP contribution in [0.5, 0.6) is 0 Å². The molecule has 2 aliphatic rings. The molecule has 1 amide bonds. The Labute approximate surface area is 143 Å². The highest BCUT2D eigenvalue weighted by Crippen LogP contribution is 2.37. The SMILES string of the molecule is O=C(NCCN1CCOCC1)c1c(-n2cnnn2)sc2c1CCC2. The molecule has 24 heavy (non-hydrogen) atoms. The molecular formula is C15H20N6O2S. The highest BCUT2D eigenvalue weighted by Gasteiger charge is 2.27. The lowest BCUT2D eigenvalue weighted by Crippen LogP contribution is -2.41. The largest absolute Gasteiger partial charge is 0.379 e. The second-order valence-corrected chi connectivity index (χ2v) is 7.09. The summed E-state index contributed by atoms with van der Waals surface area (Å²) in [6.45, 7) is 4.89. The third-order valence-electron chi connectivity index (χ3n) is 4.50. The molecule has 1 N–H and O–H groups in total. The quantitative estimate of drug-likeness (QED) is 0.835. The minimum Gasteiger partial charge on any atom is -0.379 e. The van der Waals surface area contributed by atoms with Crippen molar-refractivity contribution in [3.8, 4) is 5.00 Å². The molecule has 0 saturated carbocycles. The summed E-state index contributed by atoms with van der Waals surface area (Å²) in [6.07, 6.45) is 4.66. The molecule has 1 aliphatic heterocycles. The predicted molar refractivity (Wildman–Crippen MR) is 88.6 cm³/mol. The lowest BCUT2D eigenvalue weighted by Gasteiger charge is -2.26. The van der Waals surface area contributed by atoms with E-state index >= 15 is 0 Å². The first-order valence-corrected chi connectivity index (χ1v) is 9.11. The van der Waals surface area contributed by atoms with Crippen LogP contribution in [0, 0.1) is 0 Å². The lowest BCUT2D eigenvalue weighted by molar-refractivity contribution is 0.0383. The van der Waals surface area contributed by atoms with E-state index in [-0.39, 0.29) is 5.91 Å². The van der Waals surface area contributed by atoms with Gasteiger partial charge in [-0.25, -0.2) is 0 Å². The van der Waals surface area contributed by atoms with Crippen molar-refractivity contribution in [3.05, 3.63) is 22.3 Å². The first kappa shape index (κ1) is 15.7. The second kappa shape index (κ2) is 6.96. The maximum atomic E-state index is 12.8. The van der Waals surface area contributed by atoms with Gasteiger partial charge in [-0.1, -0.05) is 0 Å². The molecule has 0 unspecified atom stereocenters. The van der Waals surface area contributed by atoms with Crippen molar-refractivity contribution in [1.29, 1.82) is 0 Å². The first-order valence-electron chi connectivity index (χ1n) is 8.29. The molecule has 9 heteroatoms. The number of carbonyl (C=O) groups excluding carboxylic acids is 1. The van der Waals surface area contributed by atoms with Crippen LogP contribution in [-0.2, 0) is 17.6 Å². The van der Waals surface area contributed by atoms with Gasteiger partial charge < -0.3 is 10.1 Å². The van der Waals surface area contributed by atoms with E-state index in [1.54, 1.807) is 22.3 Å². The number of aromatic nitrogens is 4. The van der Waals surface area contributed by atoms with E-state index in [1.807, 2.05) is 0 Å². The molecule has 1 aliphatic carbocycles. The number of ether oxygens (including phenoxy) is 1. The van der Waals surface area contributed by atoms with Gasteiger partial charge in [0, 0.05) is 31.1 Å². The van der Waals surface area contributed by atoms with Crippen molar-refractivity contribution in [3.63, 3.8) is 0 Å². The zero-order valence-electron chi connectivity index (χ0n) is 13.4. The molecule has 128 valence electrons.